The minimum absolute atomic E-state index is 0.180. The Morgan fingerprint density at radius 1 is 1.13 bits per heavy atom. The molecule has 0 spiro atoms. The number of furan rings is 1. The molecule has 2 aromatic rings. The van der Waals surface area contributed by atoms with Gasteiger partial charge in [0.25, 0.3) is 0 Å². The van der Waals surface area contributed by atoms with E-state index in [4.69, 9.17) is 4.42 Å². The van der Waals surface area contributed by atoms with Gasteiger partial charge in [-0.3, -0.25) is 9.69 Å². The molecule has 0 unspecified atom stereocenters. The molecule has 4 heteroatoms. The number of rotatable bonds is 8. The standard InChI is InChI=1S/C19H24N2O2/c1-20(12-17-9-10-17)19(22)15-21(14-18-8-5-11-23-18)13-16-6-3-2-4-7-16/h2-8,11,17H,9-10,12-15H2,1H3. The lowest BCUT2D eigenvalue weighted by Crippen LogP contribution is -2.38. The monoisotopic (exact) mass is 312 g/mol. The van der Waals surface area contributed by atoms with Crippen LogP contribution < -0.4 is 0 Å². The zero-order valence-electron chi connectivity index (χ0n) is 13.6. The van der Waals surface area contributed by atoms with Gasteiger partial charge in [0.15, 0.2) is 0 Å². The van der Waals surface area contributed by atoms with Gasteiger partial charge in [0.2, 0.25) is 5.91 Å². The Bertz CT molecular complexity index is 606. The second-order valence-electron chi connectivity index (χ2n) is 6.43. The molecule has 1 saturated carbocycles. The summed E-state index contributed by atoms with van der Waals surface area (Å²) in [6.45, 7) is 2.69. The van der Waals surface area contributed by atoms with Crippen molar-refractivity contribution >= 4 is 5.91 Å². The predicted octanol–water partition coefficient (Wildman–Crippen LogP) is 3.15. The molecule has 0 aliphatic heterocycles. The summed E-state index contributed by atoms with van der Waals surface area (Å²) < 4.78 is 5.45. The number of amides is 1. The first-order valence-electron chi connectivity index (χ1n) is 8.23. The molecule has 122 valence electrons. The molecule has 4 nitrogen and oxygen atoms in total. The second-order valence-corrected chi connectivity index (χ2v) is 6.43. The largest absolute Gasteiger partial charge is 0.468 e. The van der Waals surface area contributed by atoms with Crippen LogP contribution >= 0.6 is 0 Å². The topological polar surface area (TPSA) is 36.7 Å². The zero-order valence-corrected chi connectivity index (χ0v) is 13.6. The Balaban J connectivity index is 1.62. The van der Waals surface area contributed by atoms with Gasteiger partial charge < -0.3 is 9.32 Å². The molecule has 0 bridgehead atoms. The molecular formula is C19H24N2O2. The van der Waals surface area contributed by atoms with Crippen LogP contribution in [0, 0.1) is 5.92 Å². The minimum atomic E-state index is 0.180. The minimum Gasteiger partial charge on any atom is -0.468 e. The van der Waals surface area contributed by atoms with E-state index in [-0.39, 0.29) is 5.91 Å². The predicted molar refractivity (Wildman–Crippen MR) is 89.6 cm³/mol. The van der Waals surface area contributed by atoms with Crippen molar-refractivity contribution in [3.63, 3.8) is 0 Å². The van der Waals surface area contributed by atoms with Crippen LogP contribution in [0.25, 0.3) is 0 Å². The summed E-state index contributed by atoms with van der Waals surface area (Å²) in [6, 6.07) is 14.1. The number of carbonyl (C=O) groups excluding carboxylic acids is 1. The van der Waals surface area contributed by atoms with Crippen LogP contribution in [0.4, 0.5) is 0 Å². The van der Waals surface area contributed by atoms with E-state index in [0.29, 0.717) is 13.1 Å². The maximum atomic E-state index is 12.5. The van der Waals surface area contributed by atoms with Crippen molar-refractivity contribution in [3.8, 4) is 0 Å². The average molecular weight is 312 g/mol. The van der Waals surface area contributed by atoms with Gasteiger partial charge >= 0.3 is 0 Å². The van der Waals surface area contributed by atoms with Gasteiger partial charge in [-0.05, 0) is 36.5 Å². The molecule has 3 rings (SSSR count). The fourth-order valence-corrected chi connectivity index (χ4v) is 2.73. The first-order valence-corrected chi connectivity index (χ1v) is 8.23. The molecule has 1 aliphatic rings. The summed E-state index contributed by atoms with van der Waals surface area (Å²) in [6.07, 6.45) is 4.20. The molecule has 1 heterocycles. The van der Waals surface area contributed by atoms with Crippen molar-refractivity contribution in [2.45, 2.75) is 25.9 Å². The SMILES string of the molecule is CN(CC1CC1)C(=O)CN(Cc1ccccc1)Cc1ccco1. The van der Waals surface area contributed by atoms with Gasteiger partial charge in [-0.2, -0.15) is 0 Å². The molecule has 1 aromatic carbocycles. The van der Waals surface area contributed by atoms with E-state index in [1.54, 1.807) is 6.26 Å². The second kappa shape index (κ2) is 7.47. The average Bonchev–Trinajstić information content (AvgIpc) is 3.21. The third-order valence-electron chi connectivity index (χ3n) is 4.22. The molecular weight excluding hydrogens is 288 g/mol. The van der Waals surface area contributed by atoms with Crippen LogP contribution in [-0.4, -0.2) is 35.8 Å². The maximum absolute atomic E-state index is 12.5. The highest BCUT2D eigenvalue weighted by molar-refractivity contribution is 5.78. The molecule has 1 aromatic heterocycles. The Hall–Kier alpha value is -2.07. The van der Waals surface area contributed by atoms with Crippen LogP contribution in [0.1, 0.15) is 24.2 Å². The molecule has 23 heavy (non-hydrogen) atoms. The Kier molecular flexibility index (Phi) is 5.13. The third-order valence-corrected chi connectivity index (χ3v) is 4.22. The normalized spacial score (nSPS) is 14.2. The van der Waals surface area contributed by atoms with E-state index in [1.165, 1.54) is 18.4 Å². The first kappa shape index (κ1) is 15.8. The zero-order chi connectivity index (χ0) is 16.1. The Morgan fingerprint density at radius 3 is 2.57 bits per heavy atom. The van der Waals surface area contributed by atoms with Crippen LogP contribution in [0.3, 0.4) is 0 Å². The maximum Gasteiger partial charge on any atom is 0.236 e. The first-order chi connectivity index (χ1) is 11.2. The molecule has 0 N–H and O–H groups in total. The highest BCUT2D eigenvalue weighted by Crippen LogP contribution is 2.29. The van der Waals surface area contributed by atoms with Crippen molar-refractivity contribution < 1.29 is 9.21 Å². The van der Waals surface area contributed by atoms with E-state index in [1.807, 2.05) is 42.3 Å². The van der Waals surface area contributed by atoms with Crippen molar-refractivity contribution in [2.75, 3.05) is 20.1 Å². The van der Waals surface area contributed by atoms with E-state index < -0.39 is 0 Å². The van der Waals surface area contributed by atoms with Crippen LogP contribution in [0.5, 0.6) is 0 Å². The fraction of sp³-hybridized carbons (Fsp3) is 0.421. The van der Waals surface area contributed by atoms with Crippen molar-refractivity contribution in [3.05, 3.63) is 60.1 Å². The molecule has 0 saturated heterocycles. The number of carbonyl (C=O) groups is 1. The van der Waals surface area contributed by atoms with E-state index >= 15 is 0 Å². The van der Waals surface area contributed by atoms with Gasteiger partial charge in [0, 0.05) is 20.1 Å². The van der Waals surface area contributed by atoms with Gasteiger partial charge in [0.1, 0.15) is 5.76 Å². The Labute approximate surface area is 137 Å². The number of hydrogen-bond donors (Lipinski definition) is 0. The summed E-state index contributed by atoms with van der Waals surface area (Å²) >= 11 is 0. The molecule has 1 amide bonds. The smallest absolute Gasteiger partial charge is 0.236 e. The van der Waals surface area contributed by atoms with E-state index in [2.05, 4.69) is 17.0 Å². The highest BCUT2D eigenvalue weighted by Gasteiger charge is 2.25. The summed E-state index contributed by atoms with van der Waals surface area (Å²) in [4.78, 5) is 16.5. The van der Waals surface area contributed by atoms with Gasteiger partial charge in [-0.15, -0.1) is 0 Å². The lowest BCUT2D eigenvalue weighted by Gasteiger charge is -2.24. The number of benzene rings is 1. The lowest BCUT2D eigenvalue weighted by molar-refractivity contribution is -0.131. The van der Waals surface area contributed by atoms with Gasteiger partial charge in [-0.25, -0.2) is 0 Å². The van der Waals surface area contributed by atoms with Crippen molar-refractivity contribution in [1.82, 2.24) is 9.80 Å². The van der Waals surface area contributed by atoms with E-state index in [0.717, 1.165) is 24.8 Å². The molecule has 1 aliphatic carbocycles. The summed E-state index contributed by atoms with van der Waals surface area (Å²) in [7, 11) is 1.91. The van der Waals surface area contributed by atoms with E-state index in [9.17, 15) is 4.79 Å². The third kappa shape index (κ3) is 4.96. The van der Waals surface area contributed by atoms with Crippen LogP contribution in [0.15, 0.2) is 53.1 Å². The lowest BCUT2D eigenvalue weighted by atomic mass is 10.2. The number of hydrogen-bond acceptors (Lipinski definition) is 3. The summed E-state index contributed by atoms with van der Waals surface area (Å²) in [5.74, 6) is 1.79. The quantitative estimate of drug-likeness (QED) is 0.751. The molecule has 0 atom stereocenters. The highest BCUT2D eigenvalue weighted by atomic mass is 16.3. The Morgan fingerprint density at radius 2 is 1.91 bits per heavy atom. The van der Waals surface area contributed by atoms with Crippen LogP contribution in [-0.2, 0) is 17.9 Å². The van der Waals surface area contributed by atoms with Crippen molar-refractivity contribution in [2.24, 2.45) is 5.92 Å². The summed E-state index contributed by atoms with van der Waals surface area (Å²) in [5, 5.41) is 0. The fourth-order valence-electron chi connectivity index (χ4n) is 2.73. The van der Waals surface area contributed by atoms with Crippen LogP contribution in [0.2, 0.25) is 0 Å². The molecule has 0 radical (unpaired) electrons. The number of likely N-dealkylation sites (N-methyl/N-ethyl adjacent to an activating group) is 1. The van der Waals surface area contributed by atoms with Gasteiger partial charge in [-0.1, -0.05) is 30.3 Å². The van der Waals surface area contributed by atoms with Gasteiger partial charge in [0.05, 0.1) is 19.4 Å². The summed E-state index contributed by atoms with van der Waals surface area (Å²) in [5.41, 5.74) is 1.21. The molecule has 1 fully saturated rings. The van der Waals surface area contributed by atoms with Crippen molar-refractivity contribution in [1.29, 1.82) is 0 Å². The number of nitrogens with zero attached hydrogens (tertiary/aromatic N) is 2.